The molecule has 3 aromatic rings. The molecule has 2 aromatic heterocycles. The number of likely N-dealkylation sites (tertiary alicyclic amines) is 1. The summed E-state index contributed by atoms with van der Waals surface area (Å²) in [6, 6.07) is 6.13. The Labute approximate surface area is 145 Å². The lowest BCUT2D eigenvalue weighted by atomic mass is 10.1. The van der Waals surface area contributed by atoms with E-state index in [1.54, 1.807) is 15.6 Å². The van der Waals surface area contributed by atoms with Crippen LogP contribution in [0.15, 0.2) is 29.3 Å². The lowest BCUT2D eigenvalue weighted by Gasteiger charge is -2.14. The molecular weight excluding hydrogens is 316 g/mol. The summed E-state index contributed by atoms with van der Waals surface area (Å²) in [5.74, 6) is 0. The van der Waals surface area contributed by atoms with Crippen molar-refractivity contribution in [3.05, 3.63) is 46.0 Å². The maximum Gasteiger partial charge on any atom is 0.283 e. The van der Waals surface area contributed by atoms with Crippen molar-refractivity contribution in [2.75, 3.05) is 19.6 Å². The average Bonchev–Trinajstić information content (AvgIpc) is 3.23. The van der Waals surface area contributed by atoms with E-state index in [4.69, 9.17) is 0 Å². The summed E-state index contributed by atoms with van der Waals surface area (Å²) in [7, 11) is 0. The van der Waals surface area contributed by atoms with E-state index in [9.17, 15) is 4.79 Å². The van der Waals surface area contributed by atoms with Crippen molar-refractivity contribution in [2.45, 2.75) is 33.2 Å². The smallest absolute Gasteiger partial charge is 0.283 e. The number of aryl methyl sites for hydroxylation is 2. The van der Waals surface area contributed by atoms with Gasteiger partial charge < -0.3 is 4.90 Å². The molecule has 3 heterocycles. The molecule has 0 aliphatic carbocycles. The molecule has 0 bridgehead atoms. The molecule has 1 aromatic carbocycles. The first-order valence-electron chi connectivity index (χ1n) is 8.74. The van der Waals surface area contributed by atoms with Gasteiger partial charge in [0.1, 0.15) is 6.33 Å². The molecule has 25 heavy (non-hydrogen) atoms. The van der Waals surface area contributed by atoms with Crippen LogP contribution in [0.25, 0.3) is 16.9 Å². The Balaban J connectivity index is 1.68. The van der Waals surface area contributed by atoms with Crippen molar-refractivity contribution in [3.63, 3.8) is 0 Å². The Hall–Kier alpha value is -2.54. The number of aromatic nitrogens is 5. The predicted molar refractivity (Wildman–Crippen MR) is 96.1 cm³/mol. The number of nitrogens with zero attached hydrogens (tertiary/aromatic N) is 6. The quantitative estimate of drug-likeness (QED) is 0.724. The monoisotopic (exact) mass is 338 g/mol. The minimum absolute atomic E-state index is 0.125. The SMILES string of the molecule is Cc1cc(C)cc(-n2nnc3c(=O)n(CCN4CCCC4)cnc32)c1. The maximum absolute atomic E-state index is 12.7. The van der Waals surface area contributed by atoms with E-state index in [1.165, 1.54) is 12.8 Å². The lowest BCUT2D eigenvalue weighted by Crippen LogP contribution is -2.29. The molecule has 0 N–H and O–H groups in total. The van der Waals surface area contributed by atoms with E-state index in [2.05, 4.69) is 26.3 Å². The zero-order chi connectivity index (χ0) is 17.4. The molecule has 1 aliphatic heterocycles. The second kappa shape index (κ2) is 6.40. The van der Waals surface area contributed by atoms with E-state index < -0.39 is 0 Å². The molecule has 1 aliphatic rings. The van der Waals surface area contributed by atoms with Crippen molar-refractivity contribution in [3.8, 4) is 5.69 Å². The highest BCUT2D eigenvalue weighted by molar-refractivity contribution is 5.70. The number of rotatable bonds is 4. The van der Waals surface area contributed by atoms with Gasteiger partial charge in [-0.15, -0.1) is 5.10 Å². The standard InChI is InChI=1S/C18H22N6O/c1-13-9-14(2)11-15(10-13)24-17-16(20-21-24)18(25)23(12-19-17)8-7-22-5-3-4-6-22/h9-12H,3-8H2,1-2H3. The van der Waals surface area contributed by atoms with Crippen molar-refractivity contribution < 1.29 is 0 Å². The first-order chi connectivity index (χ1) is 12.1. The third kappa shape index (κ3) is 3.07. The predicted octanol–water partition coefficient (Wildman–Crippen LogP) is 1.69. The Morgan fingerprint density at radius 3 is 2.48 bits per heavy atom. The second-order valence-electron chi connectivity index (χ2n) is 6.81. The van der Waals surface area contributed by atoms with Crippen LogP contribution >= 0.6 is 0 Å². The minimum Gasteiger partial charge on any atom is -0.302 e. The summed E-state index contributed by atoms with van der Waals surface area (Å²) in [4.78, 5) is 19.5. The van der Waals surface area contributed by atoms with Crippen LogP contribution in [-0.2, 0) is 6.54 Å². The first kappa shape index (κ1) is 16.0. The second-order valence-corrected chi connectivity index (χ2v) is 6.81. The molecule has 0 radical (unpaired) electrons. The fourth-order valence-electron chi connectivity index (χ4n) is 3.51. The molecule has 0 atom stereocenters. The molecule has 0 spiro atoms. The van der Waals surface area contributed by atoms with Crippen LogP contribution in [0.5, 0.6) is 0 Å². The normalized spacial score (nSPS) is 15.3. The van der Waals surface area contributed by atoms with Gasteiger partial charge in [-0.3, -0.25) is 9.36 Å². The van der Waals surface area contributed by atoms with Gasteiger partial charge in [-0.2, -0.15) is 4.68 Å². The maximum atomic E-state index is 12.7. The topological polar surface area (TPSA) is 68.8 Å². The highest BCUT2D eigenvalue weighted by atomic mass is 16.1. The largest absolute Gasteiger partial charge is 0.302 e. The third-order valence-corrected chi connectivity index (χ3v) is 4.74. The minimum atomic E-state index is -0.125. The van der Waals surface area contributed by atoms with Crippen LogP contribution in [0, 0.1) is 13.8 Å². The van der Waals surface area contributed by atoms with Crippen LogP contribution in [-0.4, -0.2) is 49.1 Å². The average molecular weight is 338 g/mol. The summed E-state index contributed by atoms with van der Waals surface area (Å²) in [5.41, 5.74) is 3.85. The molecule has 0 amide bonds. The van der Waals surface area contributed by atoms with Gasteiger partial charge in [0.25, 0.3) is 5.56 Å². The van der Waals surface area contributed by atoms with Gasteiger partial charge in [0.15, 0.2) is 11.2 Å². The van der Waals surface area contributed by atoms with Gasteiger partial charge in [-0.05, 0) is 63.0 Å². The molecule has 4 rings (SSSR count). The van der Waals surface area contributed by atoms with Gasteiger partial charge >= 0.3 is 0 Å². The summed E-state index contributed by atoms with van der Waals surface area (Å²) in [5, 5.41) is 8.27. The molecule has 130 valence electrons. The van der Waals surface area contributed by atoms with E-state index in [0.717, 1.165) is 36.4 Å². The zero-order valence-corrected chi connectivity index (χ0v) is 14.6. The highest BCUT2D eigenvalue weighted by Crippen LogP contribution is 2.16. The Kier molecular flexibility index (Phi) is 4.09. The van der Waals surface area contributed by atoms with Crippen molar-refractivity contribution in [2.24, 2.45) is 0 Å². The van der Waals surface area contributed by atoms with Gasteiger partial charge in [-0.1, -0.05) is 11.3 Å². The zero-order valence-electron chi connectivity index (χ0n) is 14.6. The van der Waals surface area contributed by atoms with E-state index >= 15 is 0 Å². The van der Waals surface area contributed by atoms with Crippen LogP contribution in [0.1, 0.15) is 24.0 Å². The fourth-order valence-corrected chi connectivity index (χ4v) is 3.51. The van der Waals surface area contributed by atoms with Crippen molar-refractivity contribution in [1.82, 2.24) is 29.4 Å². The Morgan fingerprint density at radius 1 is 1.04 bits per heavy atom. The van der Waals surface area contributed by atoms with Gasteiger partial charge in [0.2, 0.25) is 0 Å². The number of fused-ring (bicyclic) bond motifs is 1. The molecule has 7 nitrogen and oxygen atoms in total. The Bertz CT molecular complexity index is 947. The molecule has 7 heteroatoms. The van der Waals surface area contributed by atoms with E-state index in [1.807, 2.05) is 26.0 Å². The first-order valence-corrected chi connectivity index (χ1v) is 8.74. The van der Waals surface area contributed by atoms with Gasteiger partial charge in [0.05, 0.1) is 5.69 Å². The summed E-state index contributed by atoms with van der Waals surface area (Å²) >= 11 is 0. The van der Waals surface area contributed by atoms with Crippen LogP contribution in [0.2, 0.25) is 0 Å². The fraction of sp³-hybridized carbons (Fsp3) is 0.444. The van der Waals surface area contributed by atoms with Crippen molar-refractivity contribution in [1.29, 1.82) is 0 Å². The third-order valence-electron chi connectivity index (χ3n) is 4.74. The van der Waals surface area contributed by atoms with Crippen LogP contribution < -0.4 is 5.56 Å². The highest BCUT2D eigenvalue weighted by Gasteiger charge is 2.15. The van der Waals surface area contributed by atoms with Crippen LogP contribution in [0.4, 0.5) is 0 Å². The number of benzene rings is 1. The summed E-state index contributed by atoms with van der Waals surface area (Å²) in [6.07, 6.45) is 4.11. The molecule has 0 unspecified atom stereocenters. The Morgan fingerprint density at radius 2 is 1.76 bits per heavy atom. The van der Waals surface area contributed by atoms with Crippen molar-refractivity contribution >= 4 is 11.2 Å². The molecule has 0 saturated carbocycles. The van der Waals surface area contributed by atoms with E-state index in [0.29, 0.717) is 17.7 Å². The van der Waals surface area contributed by atoms with Gasteiger partial charge in [0, 0.05) is 13.1 Å². The molecular formula is C18H22N6O. The van der Waals surface area contributed by atoms with Gasteiger partial charge in [-0.25, -0.2) is 4.98 Å². The molecule has 1 saturated heterocycles. The van der Waals surface area contributed by atoms with E-state index in [-0.39, 0.29) is 5.56 Å². The lowest BCUT2D eigenvalue weighted by molar-refractivity contribution is 0.320. The number of hydrogen-bond acceptors (Lipinski definition) is 5. The summed E-state index contributed by atoms with van der Waals surface area (Å²) < 4.78 is 3.28. The molecule has 1 fully saturated rings. The van der Waals surface area contributed by atoms with Crippen LogP contribution in [0.3, 0.4) is 0 Å². The number of hydrogen-bond donors (Lipinski definition) is 0. The summed E-state index contributed by atoms with van der Waals surface area (Å²) in [6.45, 7) is 7.82.